The number of aromatic nitrogens is 3. The van der Waals surface area contributed by atoms with Crippen LogP contribution in [0.2, 0.25) is 0 Å². The van der Waals surface area contributed by atoms with E-state index in [4.69, 9.17) is 0 Å². The van der Waals surface area contributed by atoms with Gasteiger partial charge in [-0.3, -0.25) is 9.89 Å². The van der Waals surface area contributed by atoms with E-state index in [1.165, 1.54) is 12.8 Å². The molecule has 88 valence electrons. The van der Waals surface area contributed by atoms with Crippen LogP contribution in [0, 0.1) is 11.8 Å². The zero-order valence-corrected chi connectivity index (χ0v) is 9.79. The van der Waals surface area contributed by atoms with Gasteiger partial charge in [0.1, 0.15) is 5.82 Å². The lowest BCUT2D eigenvalue weighted by atomic mass is 10.1. The van der Waals surface area contributed by atoms with E-state index in [1.54, 1.807) is 0 Å². The number of nitrogens with zero attached hydrogens (tertiary/aromatic N) is 2. The second kappa shape index (κ2) is 4.63. The molecule has 1 aromatic rings. The number of nitrogens with one attached hydrogen (secondary N) is 2. The molecule has 0 bridgehead atoms. The van der Waals surface area contributed by atoms with Gasteiger partial charge in [0.15, 0.2) is 0 Å². The van der Waals surface area contributed by atoms with Crippen molar-refractivity contribution in [3.05, 3.63) is 11.6 Å². The van der Waals surface area contributed by atoms with E-state index < -0.39 is 0 Å². The topological polar surface area (TPSA) is 70.7 Å². The third kappa shape index (κ3) is 2.59. The van der Waals surface area contributed by atoms with Crippen LogP contribution in [0.25, 0.3) is 0 Å². The minimum atomic E-state index is -0.177. The number of amides is 1. The summed E-state index contributed by atoms with van der Waals surface area (Å²) in [7, 11) is 0. The molecule has 1 aliphatic rings. The molecule has 2 N–H and O–H groups in total. The predicted octanol–water partition coefficient (Wildman–Crippen LogP) is 1.14. The van der Waals surface area contributed by atoms with Crippen LogP contribution in [0.3, 0.4) is 0 Å². The van der Waals surface area contributed by atoms with Crippen molar-refractivity contribution in [3.63, 3.8) is 0 Å². The van der Waals surface area contributed by atoms with Gasteiger partial charge < -0.3 is 5.32 Å². The molecule has 0 spiro atoms. The van der Waals surface area contributed by atoms with Gasteiger partial charge in [0.25, 0.3) is 5.91 Å². The maximum atomic E-state index is 11.7. The van der Waals surface area contributed by atoms with Crippen molar-refractivity contribution in [2.24, 2.45) is 11.8 Å². The highest BCUT2D eigenvalue weighted by molar-refractivity contribution is 5.90. The molecule has 5 heteroatoms. The molecule has 1 amide bonds. The number of hydrogen-bond donors (Lipinski definition) is 2. The van der Waals surface area contributed by atoms with Crippen LogP contribution in [-0.2, 0) is 6.42 Å². The first-order valence-corrected chi connectivity index (χ1v) is 5.90. The van der Waals surface area contributed by atoms with Gasteiger partial charge in [0, 0.05) is 13.0 Å². The van der Waals surface area contributed by atoms with E-state index in [1.807, 2.05) is 6.92 Å². The number of carbonyl (C=O) groups excluding carboxylic acids is 1. The predicted molar refractivity (Wildman–Crippen MR) is 60.0 cm³/mol. The Kier molecular flexibility index (Phi) is 3.22. The fraction of sp³-hybridized carbons (Fsp3) is 0.727. The van der Waals surface area contributed by atoms with Gasteiger partial charge in [-0.25, -0.2) is 4.98 Å². The summed E-state index contributed by atoms with van der Waals surface area (Å²) in [4.78, 5) is 15.8. The van der Waals surface area contributed by atoms with Crippen molar-refractivity contribution in [2.45, 2.75) is 33.1 Å². The molecule has 1 fully saturated rings. The van der Waals surface area contributed by atoms with Crippen LogP contribution in [0.1, 0.15) is 43.1 Å². The van der Waals surface area contributed by atoms with E-state index in [2.05, 4.69) is 27.4 Å². The molecule has 16 heavy (non-hydrogen) atoms. The van der Waals surface area contributed by atoms with Gasteiger partial charge >= 0.3 is 0 Å². The zero-order valence-electron chi connectivity index (χ0n) is 9.79. The molecule has 1 aromatic heterocycles. The molecule has 0 aliphatic heterocycles. The summed E-state index contributed by atoms with van der Waals surface area (Å²) in [6, 6.07) is 0. The van der Waals surface area contributed by atoms with E-state index in [-0.39, 0.29) is 11.7 Å². The van der Waals surface area contributed by atoms with Crippen molar-refractivity contribution in [2.75, 3.05) is 6.54 Å². The Hall–Kier alpha value is -1.39. The summed E-state index contributed by atoms with van der Waals surface area (Å²) in [6.07, 6.45) is 3.37. The normalized spacial score (nSPS) is 17.1. The van der Waals surface area contributed by atoms with Crippen molar-refractivity contribution < 1.29 is 4.79 Å². The van der Waals surface area contributed by atoms with Crippen LogP contribution < -0.4 is 5.32 Å². The van der Waals surface area contributed by atoms with Gasteiger partial charge in [-0.1, -0.05) is 13.8 Å². The lowest BCUT2D eigenvalue weighted by Crippen LogP contribution is -2.29. The van der Waals surface area contributed by atoms with Crippen molar-refractivity contribution in [1.29, 1.82) is 0 Å². The van der Waals surface area contributed by atoms with Crippen LogP contribution in [0.5, 0.6) is 0 Å². The highest BCUT2D eigenvalue weighted by atomic mass is 16.2. The molecule has 1 saturated carbocycles. The van der Waals surface area contributed by atoms with E-state index >= 15 is 0 Å². The fourth-order valence-electron chi connectivity index (χ4n) is 1.72. The van der Waals surface area contributed by atoms with E-state index in [9.17, 15) is 4.79 Å². The SMILES string of the molecule is CCc1nc(C(=O)NCC(C)C2CC2)n[nH]1. The second-order valence-electron chi connectivity index (χ2n) is 4.48. The van der Waals surface area contributed by atoms with E-state index in [0.29, 0.717) is 5.92 Å². The molecule has 5 nitrogen and oxygen atoms in total. The minimum absolute atomic E-state index is 0.177. The molecular formula is C11H18N4O. The summed E-state index contributed by atoms with van der Waals surface area (Å²) in [5, 5.41) is 9.49. The Morgan fingerprint density at radius 1 is 1.62 bits per heavy atom. The average Bonchev–Trinajstić information content (AvgIpc) is 3.03. The van der Waals surface area contributed by atoms with E-state index in [0.717, 1.165) is 24.7 Å². The van der Waals surface area contributed by atoms with Gasteiger partial charge in [-0.15, -0.1) is 5.10 Å². The molecule has 0 aromatic carbocycles. The summed E-state index contributed by atoms with van der Waals surface area (Å²) < 4.78 is 0. The zero-order chi connectivity index (χ0) is 11.5. The monoisotopic (exact) mass is 222 g/mol. The summed E-state index contributed by atoms with van der Waals surface area (Å²) in [5.41, 5.74) is 0. The third-order valence-electron chi connectivity index (χ3n) is 3.08. The maximum absolute atomic E-state index is 11.7. The largest absolute Gasteiger partial charge is 0.349 e. The molecule has 0 radical (unpaired) electrons. The summed E-state index contributed by atoms with van der Waals surface area (Å²) >= 11 is 0. The Balaban J connectivity index is 1.82. The first-order chi connectivity index (χ1) is 7.70. The average molecular weight is 222 g/mol. The molecule has 1 unspecified atom stereocenters. The quantitative estimate of drug-likeness (QED) is 0.785. The van der Waals surface area contributed by atoms with Crippen molar-refractivity contribution >= 4 is 5.91 Å². The summed E-state index contributed by atoms with van der Waals surface area (Å²) in [5.74, 6) is 2.19. The summed E-state index contributed by atoms with van der Waals surface area (Å²) in [6.45, 7) is 4.87. The third-order valence-corrected chi connectivity index (χ3v) is 3.08. The lowest BCUT2D eigenvalue weighted by molar-refractivity contribution is 0.0936. The minimum Gasteiger partial charge on any atom is -0.349 e. The lowest BCUT2D eigenvalue weighted by Gasteiger charge is -2.09. The smallest absolute Gasteiger partial charge is 0.290 e. The van der Waals surface area contributed by atoms with Crippen molar-refractivity contribution in [3.8, 4) is 0 Å². The molecule has 1 aliphatic carbocycles. The Morgan fingerprint density at radius 3 is 2.94 bits per heavy atom. The molecule has 1 heterocycles. The standard InChI is InChI=1S/C11H18N4O/c1-3-9-13-10(15-14-9)11(16)12-6-7(2)8-4-5-8/h7-8H,3-6H2,1-2H3,(H,12,16)(H,13,14,15). The molecular weight excluding hydrogens is 204 g/mol. The number of hydrogen-bond acceptors (Lipinski definition) is 3. The highest BCUT2D eigenvalue weighted by Crippen LogP contribution is 2.36. The highest BCUT2D eigenvalue weighted by Gasteiger charge is 2.28. The molecule has 1 atom stereocenters. The van der Waals surface area contributed by atoms with Gasteiger partial charge in [0.05, 0.1) is 0 Å². The first kappa shape index (κ1) is 11.1. The molecule has 0 saturated heterocycles. The van der Waals surface area contributed by atoms with Crippen LogP contribution >= 0.6 is 0 Å². The van der Waals surface area contributed by atoms with Crippen LogP contribution in [0.15, 0.2) is 0 Å². The number of H-pyrrole nitrogens is 1. The van der Waals surface area contributed by atoms with Crippen LogP contribution in [-0.4, -0.2) is 27.6 Å². The Morgan fingerprint density at radius 2 is 2.38 bits per heavy atom. The Bertz CT molecular complexity index is 370. The van der Waals surface area contributed by atoms with Gasteiger partial charge in [-0.2, -0.15) is 0 Å². The van der Waals surface area contributed by atoms with Gasteiger partial charge in [-0.05, 0) is 24.7 Å². The fourth-order valence-corrected chi connectivity index (χ4v) is 1.72. The number of aryl methyl sites for hydroxylation is 1. The van der Waals surface area contributed by atoms with Crippen LogP contribution in [0.4, 0.5) is 0 Å². The molecule has 2 rings (SSSR count). The van der Waals surface area contributed by atoms with Crippen molar-refractivity contribution in [1.82, 2.24) is 20.5 Å². The number of aromatic amines is 1. The maximum Gasteiger partial charge on any atom is 0.290 e. The van der Waals surface area contributed by atoms with Gasteiger partial charge in [0.2, 0.25) is 5.82 Å². The number of rotatable bonds is 5. The first-order valence-electron chi connectivity index (χ1n) is 5.90. The second-order valence-corrected chi connectivity index (χ2v) is 4.48. The Labute approximate surface area is 95.0 Å². The number of carbonyl (C=O) groups is 1.